The molecule has 6 heteroatoms. The van der Waals surface area contributed by atoms with Crippen LogP contribution >= 0.6 is 35.0 Å². The second kappa shape index (κ2) is 5.53. The second-order valence-corrected chi connectivity index (χ2v) is 5.82. The monoisotopic (exact) mass is 302 g/mol. The predicted molar refractivity (Wildman–Crippen MR) is 76.6 cm³/mol. The zero-order chi connectivity index (χ0) is 13.3. The van der Waals surface area contributed by atoms with Gasteiger partial charge in [0, 0.05) is 11.1 Å². The molecule has 0 radical (unpaired) electrons. The summed E-state index contributed by atoms with van der Waals surface area (Å²) in [5.74, 6) is -0.269. The number of halogens is 2. The standard InChI is InChI=1S/C12H12Cl2N2OS/c1-2-7-6-16(12(15)18-7)11(17)10-8(13)4-3-5-9(10)14/h3-6,12H,2,15H2,1H3. The molecule has 0 saturated carbocycles. The van der Waals surface area contributed by atoms with Crippen molar-refractivity contribution in [2.45, 2.75) is 18.8 Å². The van der Waals surface area contributed by atoms with Crippen molar-refractivity contribution >= 4 is 40.9 Å². The molecule has 1 aliphatic rings. The first-order valence-corrected chi connectivity index (χ1v) is 7.07. The fraction of sp³-hybridized carbons (Fsp3) is 0.250. The number of thioether (sulfide) groups is 1. The number of nitrogens with two attached hydrogens (primary N) is 1. The Balaban J connectivity index is 2.35. The summed E-state index contributed by atoms with van der Waals surface area (Å²) in [7, 11) is 0. The maximum Gasteiger partial charge on any atom is 0.262 e. The average Bonchev–Trinajstić information content (AvgIpc) is 2.70. The van der Waals surface area contributed by atoms with Gasteiger partial charge in [-0.2, -0.15) is 0 Å². The molecule has 1 atom stereocenters. The van der Waals surface area contributed by atoms with Crippen molar-refractivity contribution in [1.29, 1.82) is 0 Å². The molecule has 1 aliphatic heterocycles. The minimum absolute atomic E-state index is 0.269. The van der Waals surface area contributed by atoms with Gasteiger partial charge in [0.2, 0.25) is 0 Å². The molecule has 0 saturated heterocycles. The van der Waals surface area contributed by atoms with E-state index in [0.717, 1.165) is 11.3 Å². The maximum atomic E-state index is 12.4. The van der Waals surface area contributed by atoms with Crippen LogP contribution < -0.4 is 5.73 Å². The van der Waals surface area contributed by atoms with Crippen LogP contribution in [0.1, 0.15) is 23.7 Å². The van der Waals surface area contributed by atoms with Gasteiger partial charge in [-0.15, -0.1) is 0 Å². The number of allylic oxidation sites excluding steroid dienone is 1. The SMILES string of the molecule is CCC1=CN(C(=O)c2c(Cl)cccc2Cl)C(N)S1. The van der Waals surface area contributed by atoms with E-state index >= 15 is 0 Å². The van der Waals surface area contributed by atoms with Crippen molar-refractivity contribution < 1.29 is 4.79 Å². The lowest BCUT2D eigenvalue weighted by molar-refractivity contribution is 0.0816. The van der Waals surface area contributed by atoms with Crippen LogP contribution in [0.5, 0.6) is 0 Å². The Hall–Kier alpha value is -0.680. The third-order valence-corrected chi connectivity index (χ3v) is 4.38. The van der Waals surface area contributed by atoms with E-state index in [-0.39, 0.29) is 5.91 Å². The topological polar surface area (TPSA) is 46.3 Å². The summed E-state index contributed by atoms with van der Waals surface area (Å²) in [5, 5.41) is 0.672. The summed E-state index contributed by atoms with van der Waals surface area (Å²) in [6, 6.07) is 4.98. The smallest absolute Gasteiger partial charge is 0.262 e. The molecule has 1 aromatic carbocycles. The molecule has 2 N–H and O–H groups in total. The van der Waals surface area contributed by atoms with Crippen LogP contribution in [0.25, 0.3) is 0 Å². The van der Waals surface area contributed by atoms with Crippen LogP contribution in [0.4, 0.5) is 0 Å². The summed E-state index contributed by atoms with van der Waals surface area (Å²) in [6.07, 6.45) is 2.61. The molecule has 0 spiro atoms. The maximum absolute atomic E-state index is 12.4. The van der Waals surface area contributed by atoms with Crippen molar-refractivity contribution in [1.82, 2.24) is 4.90 Å². The molecule has 1 heterocycles. The van der Waals surface area contributed by atoms with Gasteiger partial charge in [0.15, 0.2) is 0 Å². The first-order chi connectivity index (χ1) is 8.54. The molecule has 3 nitrogen and oxygen atoms in total. The van der Waals surface area contributed by atoms with Gasteiger partial charge in [0.25, 0.3) is 5.91 Å². The predicted octanol–water partition coefficient (Wildman–Crippen LogP) is 3.68. The lowest BCUT2D eigenvalue weighted by atomic mass is 10.2. The highest BCUT2D eigenvalue weighted by Crippen LogP contribution is 2.35. The Morgan fingerprint density at radius 1 is 1.44 bits per heavy atom. The summed E-state index contributed by atoms with van der Waals surface area (Å²) in [5.41, 5.74) is 5.79. The van der Waals surface area contributed by atoms with E-state index in [9.17, 15) is 4.79 Å². The second-order valence-electron chi connectivity index (χ2n) is 3.77. The molecule has 2 rings (SSSR count). The summed E-state index contributed by atoms with van der Waals surface area (Å²) in [4.78, 5) is 14.9. The zero-order valence-corrected chi connectivity index (χ0v) is 12.0. The number of hydrogen-bond acceptors (Lipinski definition) is 3. The molecule has 0 aromatic heterocycles. The van der Waals surface area contributed by atoms with E-state index < -0.39 is 5.50 Å². The molecule has 96 valence electrons. The lowest BCUT2D eigenvalue weighted by Crippen LogP contribution is -2.37. The molecule has 0 aliphatic carbocycles. The molecule has 18 heavy (non-hydrogen) atoms. The molecule has 1 unspecified atom stereocenters. The number of amides is 1. The van der Waals surface area contributed by atoms with Crippen LogP contribution in [-0.4, -0.2) is 16.3 Å². The Morgan fingerprint density at radius 2 is 2.06 bits per heavy atom. The average molecular weight is 303 g/mol. The number of rotatable bonds is 2. The molecular weight excluding hydrogens is 291 g/mol. The third-order valence-electron chi connectivity index (χ3n) is 2.59. The minimum atomic E-state index is -0.417. The zero-order valence-electron chi connectivity index (χ0n) is 9.69. The number of carbonyl (C=O) groups excluding carboxylic acids is 1. The van der Waals surface area contributed by atoms with Crippen molar-refractivity contribution in [2.75, 3.05) is 0 Å². The van der Waals surface area contributed by atoms with Gasteiger partial charge in [-0.1, -0.05) is 48.0 Å². The first kappa shape index (κ1) is 13.7. The van der Waals surface area contributed by atoms with E-state index in [4.69, 9.17) is 28.9 Å². The minimum Gasteiger partial charge on any atom is -0.302 e. The highest BCUT2D eigenvalue weighted by atomic mass is 35.5. The van der Waals surface area contributed by atoms with E-state index in [1.165, 1.54) is 16.7 Å². The van der Waals surface area contributed by atoms with E-state index in [0.29, 0.717) is 15.6 Å². The molecule has 0 bridgehead atoms. The van der Waals surface area contributed by atoms with E-state index in [1.807, 2.05) is 6.92 Å². The quantitative estimate of drug-likeness (QED) is 0.906. The van der Waals surface area contributed by atoms with Gasteiger partial charge in [0.05, 0.1) is 15.6 Å². The van der Waals surface area contributed by atoms with Crippen LogP contribution in [0.15, 0.2) is 29.3 Å². The Labute approximate surface area is 120 Å². The summed E-state index contributed by atoms with van der Waals surface area (Å²) in [6.45, 7) is 2.02. The fourth-order valence-electron chi connectivity index (χ4n) is 1.65. The highest BCUT2D eigenvalue weighted by Gasteiger charge is 2.29. The summed E-state index contributed by atoms with van der Waals surface area (Å²) < 4.78 is 0. The molecular formula is C12H12Cl2N2OS. The largest absolute Gasteiger partial charge is 0.302 e. The van der Waals surface area contributed by atoms with Crippen molar-refractivity contribution in [3.05, 3.63) is 44.9 Å². The van der Waals surface area contributed by atoms with Gasteiger partial charge in [0.1, 0.15) is 5.50 Å². The van der Waals surface area contributed by atoms with Gasteiger partial charge in [-0.05, 0) is 18.6 Å². The lowest BCUT2D eigenvalue weighted by Gasteiger charge is -2.20. The third kappa shape index (κ3) is 2.52. The number of hydrogen-bond donors (Lipinski definition) is 1. The number of nitrogens with zero attached hydrogens (tertiary/aromatic N) is 1. The Morgan fingerprint density at radius 3 is 2.56 bits per heavy atom. The van der Waals surface area contributed by atoms with Crippen molar-refractivity contribution in [2.24, 2.45) is 5.73 Å². The fourth-order valence-corrected chi connectivity index (χ4v) is 3.13. The van der Waals surface area contributed by atoms with Crippen molar-refractivity contribution in [3.63, 3.8) is 0 Å². The van der Waals surface area contributed by atoms with E-state index in [1.54, 1.807) is 24.4 Å². The van der Waals surface area contributed by atoms with Crippen LogP contribution in [0.2, 0.25) is 10.0 Å². The van der Waals surface area contributed by atoms with Gasteiger partial charge in [-0.25, -0.2) is 0 Å². The number of carbonyl (C=O) groups is 1. The van der Waals surface area contributed by atoms with Crippen molar-refractivity contribution in [3.8, 4) is 0 Å². The van der Waals surface area contributed by atoms with Crippen LogP contribution in [-0.2, 0) is 0 Å². The molecule has 1 aromatic rings. The Bertz CT molecular complexity index is 499. The van der Waals surface area contributed by atoms with Crippen LogP contribution in [0, 0.1) is 0 Å². The first-order valence-electron chi connectivity index (χ1n) is 5.44. The molecule has 0 fully saturated rings. The molecule has 1 amide bonds. The van der Waals surface area contributed by atoms with Gasteiger partial charge in [-0.3, -0.25) is 9.69 Å². The van der Waals surface area contributed by atoms with Crippen LogP contribution in [0.3, 0.4) is 0 Å². The van der Waals surface area contributed by atoms with Gasteiger partial charge >= 0.3 is 0 Å². The summed E-state index contributed by atoms with van der Waals surface area (Å²) >= 11 is 13.5. The Kier molecular flexibility index (Phi) is 4.22. The number of benzene rings is 1. The van der Waals surface area contributed by atoms with Gasteiger partial charge < -0.3 is 5.73 Å². The van der Waals surface area contributed by atoms with E-state index in [2.05, 4.69) is 0 Å². The highest BCUT2D eigenvalue weighted by molar-refractivity contribution is 8.03. The normalized spacial score (nSPS) is 19.0.